The number of guanidine groups is 1. The second-order valence-electron chi connectivity index (χ2n) is 7.96. The van der Waals surface area contributed by atoms with Crippen molar-refractivity contribution in [3.63, 3.8) is 0 Å². The first kappa shape index (κ1) is 22.1. The van der Waals surface area contributed by atoms with Gasteiger partial charge in [-0.3, -0.25) is 4.99 Å². The molecule has 1 unspecified atom stereocenters. The number of nitrogens with one attached hydrogen (secondary N) is 2. The molecule has 1 heterocycles. The van der Waals surface area contributed by atoms with E-state index in [4.69, 9.17) is 0 Å². The molecule has 1 aromatic rings. The van der Waals surface area contributed by atoms with E-state index >= 15 is 0 Å². The number of hydrogen-bond acceptors (Lipinski definition) is 2. The predicted molar refractivity (Wildman–Crippen MR) is 120 cm³/mol. The quantitative estimate of drug-likeness (QED) is 0.386. The van der Waals surface area contributed by atoms with Gasteiger partial charge >= 0.3 is 0 Å². The monoisotopic (exact) mass is 458 g/mol. The lowest BCUT2D eigenvalue weighted by Crippen LogP contribution is -2.39. The van der Waals surface area contributed by atoms with Gasteiger partial charge in [0, 0.05) is 32.4 Å². The summed E-state index contributed by atoms with van der Waals surface area (Å²) in [6.45, 7) is 12.3. The molecule has 0 amide bonds. The summed E-state index contributed by atoms with van der Waals surface area (Å²) < 4.78 is 0. The van der Waals surface area contributed by atoms with Crippen LogP contribution in [0.3, 0.4) is 0 Å². The van der Waals surface area contributed by atoms with Crippen molar-refractivity contribution in [2.24, 2.45) is 10.4 Å². The Morgan fingerprint density at radius 2 is 1.92 bits per heavy atom. The van der Waals surface area contributed by atoms with Gasteiger partial charge < -0.3 is 15.5 Å². The first-order chi connectivity index (χ1) is 11.4. The third-order valence-electron chi connectivity index (χ3n) is 4.59. The Hall–Kier alpha value is -0.980. The first-order valence-corrected chi connectivity index (χ1v) is 9.21. The lowest BCUT2D eigenvalue weighted by molar-refractivity contribution is 0.377. The molecule has 0 saturated carbocycles. The average Bonchev–Trinajstić information content (AvgIpc) is 3.07. The topological polar surface area (TPSA) is 39.7 Å². The maximum atomic E-state index is 4.36. The minimum absolute atomic E-state index is 0. The van der Waals surface area contributed by atoms with Crippen LogP contribution >= 0.6 is 24.0 Å². The number of anilines is 1. The van der Waals surface area contributed by atoms with Gasteiger partial charge in [0.05, 0.1) is 6.04 Å². The van der Waals surface area contributed by atoms with E-state index < -0.39 is 0 Å². The van der Waals surface area contributed by atoms with Crippen molar-refractivity contribution in [2.45, 2.75) is 53.0 Å². The van der Waals surface area contributed by atoms with Crippen LogP contribution in [0.2, 0.25) is 0 Å². The molecule has 25 heavy (non-hydrogen) atoms. The van der Waals surface area contributed by atoms with Crippen LogP contribution in [0.1, 0.15) is 58.6 Å². The number of rotatable bonds is 5. The van der Waals surface area contributed by atoms with Gasteiger partial charge in [-0.25, -0.2) is 0 Å². The normalized spacial score (nSPS) is 16.4. The summed E-state index contributed by atoms with van der Waals surface area (Å²) >= 11 is 0. The van der Waals surface area contributed by atoms with E-state index in [2.05, 4.69) is 72.5 Å². The molecule has 1 atom stereocenters. The fourth-order valence-corrected chi connectivity index (χ4v) is 3.01. The van der Waals surface area contributed by atoms with Crippen molar-refractivity contribution in [1.82, 2.24) is 10.6 Å². The molecule has 4 nitrogen and oxygen atoms in total. The molecule has 0 bridgehead atoms. The van der Waals surface area contributed by atoms with Crippen molar-refractivity contribution in [1.29, 1.82) is 0 Å². The van der Waals surface area contributed by atoms with Gasteiger partial charge in [-0.05, 0) is 49.3 Å². The summed E-state index contributed by atoms with van der Waals surface area (Å²) in [6.07, 6.45) is 3.73. The van der Waals surface area contributed by atoms with Gasteiger partial charge in [0.25, 0.3) is 0 Å². The number of hydrogen-bond donors (Lipinski definition) is 2. The van der Waals surface area contributed by atoms with Gasteiger partial charge in [-0.2, -0.15) is 0 Å². The van der Waals surface area contributed by atoms with Crippen LogP contribution < -0.4 is 15.5 Å². The Morgan fingerprint density at radius 3 is 2.52 bits per heavy atom. The van der Waals surface area contributed by atoms with E-state index in [9.17, 15) is 0 Å². The Labute approximate surface area is 170 Å². The van der Waals surface area contributed by atoms with E-state index in [-0.39, 0.29) is 30.0 Å². The van der Waals surface area contributed by atoms with Crippen molar-refractivity contribution < 1.29 is 0 Å². The average molecular weight is 458 g/mol. The second-order valence-corrected chi connectivity index (χ2v) is 7.96. The highest BCUT2D eigenvalue weighted by Gasteiger charge is 2.15. The van der Waals surface area contributed by atoms with E-state index in [1.807, 2.05) is 7.05 Å². The van der Waals surface area contributed by atoms with Crippen molar-refractivity contribution in [2.75, 3.05) is 31.6 Å². The fourth-order valence-electron chi connectivity index (χ4n) is 3.01. The Balaban J connectivity index is 0.00000312. The molecule has 2 N–H and O–H groups in total. The van der Waals surface area contributed by atoms with Crippen molar-refractivity contribution in [3.05, 3.63) is 29.8 Å². The molecule has 1 aliphatic rings. The molecule has 0 radical (unpaired) electrons. The van der Waals surface area contributed by atoms with Crippen LogP contribution in [0.4, 0.5) is 5.69 Å². The summed E-state index contributed by atoms with van der Waals surface area (Å²) in [4.78, 5) is 6.84. The molecule has 1 aliphatic heterocycles. The first-order valence-electron chi connectivity index (χ1n) is 9.21. The molecule has 5 heteroatoms. The van der Waals surface area contributed by atoms with Crippen molar-refractivity contribution in [3.8, 4) is 0 Å². The van der Waals surface area contributed by atoms with Crippen LogP contribution in [-0.4, -0.2) is 32.6 Å². The zero-order valence-electron chi connectivity index (χ0n) is 16.4. The third-order valence-corrected chi connectivity index (χ3v) is 4.59. The largest absolute Gasteiger partial charge is 0.372 e. The van der Waals surface area contributed by atoms with Gasteiger partial charge in [0.2, 0.25) is 0 Å². The molecule has 1 saturated heterocycles. The molecule has 2 rings (SSSR count). The number of benzene rings is 1. The standard InChI is InChI=1S/C20H34N4.HI/c1-16(23-19(21-5)22-12-11-20(2,3)4)17-9-8-10-18(15-17)24-13-6-7-14-24;/h8-10,15-16H,6-7,11-14H2,1-5H3,(H2,21,22,23);1H. The van der Waals surface area contributed by atoms with Crippen LogP contribution in [0.15, 0.2) is 29.3 Å². The maximum Gasteiger partial charge on any atom is 0.191 e. The Morgan fingerprint density at radius 1 is 1.24 bits per heavy atom. The van der Waals surface area contributed by atoms with Crippen LogP contribution in [0, 0.1) is 5.41 Å². The molecule has 0 aromatic heterocycles. The van der Waals surface area contributed by atoms with Crippen LogP contribution in [0.5, 0.6) is 0 Å². The highest BCUT2D eigenvalue weighted by molar-refractivity contribution is 14.0. The maximum absolute atomic E-state index is 4.36. The fraction of sp³-hybridized carbons (Fsp3) is 0.650. The molecule has 1 fully saturated rings. The van der Waals surface area contributed by atoms with Gasteiger partial charge in [-0.1, -0.05) is 32.9 Å². The smallest absolute Gasteiger partial charge is 0.191 e. The molecule has 0 spiro atoms. The molecular formula is C20H35IN4. The SMILES string of the molecule is CN=C(NCCC(C)(C)C)NC(C)c1cccc(N2CCCC2)c1.I. The van der Waals surface area contributed by atoms with Crippen molar-refractivity contribution >= 4 is 35.6 Å². The Kier molecular flexibility index (Phi) is 9.03. The molecule has 0 aliphatic carbocycles. The molecular weight excluding hydrogens is 423 g/mol. The summed E-state index contributed by atoms with van der Waals surface area (Å²) in [5.74, 6) is 0.873. The predicted octanol–water partition coefficient (Wildman–Crippen LogP) is 4.57. The number of aliphatic imine (C=N–C) groups is 1. The van der Waals surface area contributed by atoms with E-state index in [0.29, 0.717) is 5.41 Å². The van der Waals surface area contributed by atoms with Crippen LogP contribution in [-0.2, 0) is 0 Å². The summed E-state index contributed by atoms with van der Waals surface area (Å²) in [6, 6.07) is 9.12. The Bertz CT molecular complexity index is 545. The third kappa shape index (κ3) is 7.42. The van der Waals surface area contributed by atoms with E-state index in [1.54, 1.807) is 0 Å². The summed E-state index contributed by atoms with van der Waals surface area (Å²) in [7, 11) is 1.83. The minimum Gasteiger partial charge on any atom is -0.372 e. The van der Waals surface area contributed by atoms with Crippen LogP contribution in [0.25, 0.3) is 0 Å². The van der Waals surface area contributed by atoms with E-state index in [0.717, 1.165) is 18.9 Å². The summed E-state index contributed by atoms with van der Waals surface area (Å²) in [5, 5.41) is 6.93. The van der Waals surface area contributed by atoms with E-state index in [1.165, 1.54) is 37.2 Å². The highest BCUT2D eigenvalue weighted by atomic mass is 127. The van der Waals surface area contributed by atoms with Gasteiger partial charge in [0.1, 0.15) is 0 Å². The second kappa shape index (κ2) is 10.2. The van der Waals surface area contributed by atoms with Gasteiger partial charge in [-0.15, -0.1) is 24.0 Å². The number of halogens is 1. The molecule has 1 aromatic carbocycles. The minimum atomic E-state index is 0. The van der Waals surface area contributed by atoms with Gasteiger partial charge in [0.15, 0.2) is 5.96 Å². The highest BCUT2D eigenvalue weighted by Crippen LogP contribution is 2.24. The lowest BCUT2D eigenvalue weighted by Gasteiger charge is -2.23. The zero-order valence-corrected chi connectivity index (χ0v) is 18.8. The summed E-state index contributed by atoms with van der Waals surface area (Å²) in [5.41, 5.74) is 2.98. The zero-order chi connectivity index (χ0) is 17.6. The molecule has 142 valence electrons. The number of nitrogens with zero attached hydrogens (tertiary/aromatic N) is 2. The lowest BCUT2D eigenvalue weighted by atomic mass is 9.92.